The van der Waals surface area contributed by atoms with Crippen molar-refractivity contribution in [3.63, 3.8) is 0 Å². The van der Waals surface area contributed by atoms with E-state index in [1.54, 1.807) is 0 Å². The van der Waals surface area contributed by atoms with E-state index in [-0.39, 0.29) is 16.7 Å². The third-order valence-electron chi connectivity index (χ3n) is 2.53. The highest BCUT2D eigenvalue weighted by Crippen LogP contribution is 2.26. The maximum absolute atomic E-state index is 11.8. The zero-order valence-electron chi connectivity index (χ0n) is 11.1. The third-order valence-corrected chi connectivity index (χ3v) is 3.44. The predicted octanol–water partition coefficient (Wildman–Crippen LogP) is 1.03. The molecular formula is C13H14N4O2S. The van der Waals surface area contributed by atoms with Gasteiger partial charge in [0.25, 0.3) is 5.91 Å². The summed E-state index contributed by atoms with van der Waals surface area (Å²) in [6.07, 6.45) is 1.25. The molecule has 6 nitrogen and oxygen atoms in total. The molecule has 0 saturated carbocycles. The number of H-pyrrole nitrogens is 1. The highest BCUT2D eigenvalue weighted by molar-refractivity contribution is 8.03. The Labute approximate surface area is 120 Å². The van der Waals surface area contributed by atoms with Gasteiger partial charge in [0, 0.05) is 20.2 Å². The number of imidazole rings is 1. The van der Waals surface area contributed by atoms with Gasteiger partial charge >= 0.3 is 0 Å². The van der Waals surface area contributed by atoms with E-state index in [2.05, 4.69) is 20.6 Å². The first-order chi connectivity index (χ1) is 9.63. The lowest BCUT2D eigenvalue weighted by Gasteiger charge is -2.03. The van der Waals surface area contributed by atoms with Crippen LogP contribution < -0.4 is 10.6 Å². The molecule has 2 rings (SSSR count). The normalized spacial score (nSPS) is 11.4. The molecule has 0 atom stereocenters. The Kier molecular flexibility index (Phi) is 4.41. The summed E-state index contributed by atoms with van der Waals surface area (Å²) in [5.74, 6) is -0.675. The number of benzene rings is 1. The summed E-state index contributed by atoms with van der Waals surface area (Å²) in [4.78, 5) is 30.9. The number of amides is 2. The van der Waals surface area contributed by atoms with Crippen LogP contribution in [0.4, 0.5) is 0 Å². The summed E-state index contributed by atoms with van der Waals surface area (Å²) < 4.78 is 0. The number of nitrogens with one attached hydrogen (secondary N) is 3. The molecule has 0 unspecified atom stereocenters. The van der Waals surface area contributed by atoms with E-state index in [9.17, 15) is 9.59 Å². The van der Waals surface area contributed by atoms with Crippen molar-refractivity contribution in [3.05, 3.63) is 35.2 Å². The molecule has 104 valence electrons. The Morgan fingerprint density at radius 3 is 2.65 bits per heavy atom. The van der Waals surface area contributed by atoms with Crippen LogP contribution in [-0.2, 0) is 9.59 Å². The molecule has 0 spiro atoms. The number of thioether (sulfide) groups is 1. The lowest BCUT2D eigenvalue weighted by atomic mass is 10.3. The average molecular weight is 290 g/mol. The van der Waals surface area contributed by atoms with Crippen LogP contribution in [-0.4, -0.2) is 35.9 Å². The van der Waals surface area contributed by atoms with Crippen molar-refractivity contribution in [2.24, 2.45) is 0 Å². The van der Waals surface area contributed by atoms with Gasteiger partial charge in [-0.3, -0.25) is 9.59 Å². The minimum absolute atomic E-state index is 0.269. The first-order valence-electron chi connectivity index (χ1n) is 5.92. The molecule has 1 aromatic heterocycles. The Balaban J connectivity index is 2.29. The maximum Gasteiger partial charge on any atom is 0.258 e. The summed E-state index contributed by atoms with van der Waals surface area (Å²) in [6.45, 7) is 0. The number of aromatic amines is 1. The number of rotatable bonds is 4. The van der Waals surface area contributed by atoms with Gasteiger partial charge in [0.05, 0.1) is 15.9 Å². The fourth-order valence-corrected chi connectivity index (χ4v) is 2.41. The number of aromatic nitrogens is 2. The first kappa shape index (κ1) is 14.1. The fourth-order valence-electron chi connectivity index (χ4n) is 1.54. The van der Waals surface area contributed by atoms with Crippen LogP contribution in [0.1, 0.15) is 0 Å². The lowest BCUT2D eigenvalue weighted by molar-refractivity contribution is -0.118. The summed E-state index contributed by atoms with van der Waals surface area (Å²) in [6, 6.07) is 7.55. The van der Waals surface area contributed by atoms with Crippen molar-refractivity contribution in [2.75, 3.05) is 14.1 Å². The highest BCUT2D eigenvalue weighted by Gasteiger charge is 2.14. The van der Waals surface area contributed by atoms with E-state index < -0.39 is 0 Å². The minimum Gasteiger partial charge on any atom is -0.356 e. The predicted molar refractivity (Wildman–Crippen MR) is 78.2 cm³/mol. The van der Waals surface area contributed by atoms with Gasteiger partial charge in [0.1, 0.15) is 0 Å². The minimum atomic E-state index is -0.341. The average Bonchev–Trinajstić information content (AvgIpc) is 2.87. The van der Waals surface area contributed by atoms with Crippen LogP contribution in [0.25, 0.3) is 11.0 Å². The Hall–Kier alpha value is -2.28. The molecule has 2 amide bonds. The number of hydrogen-bond donors (Lipinski definition) is 3. The van der Waals surface area contributed by atoms with E-state index in [0.717, 1.165) is 22.8 Å². The van der Waals surface area contributed by atoms with Gasteiger partial charge in [-0.2, -0.15) is 0 Å². The molecule has 0 aliphatic carbocycles. The number of hydrogen-bond acceptors (Lipinski definition) is 4. The smallest absolute Gasteiger partial charge is 0.258 e. The second-order valence-corrected chi connectivity index (χ2v) is 4.89. The largest absolute Gasteiger partial charge is 0.356 e. The van der Waals surface area contributed by atoms with Crippen molar-refractivity contribution < 1.29 is 9.59 Å². The quantitative estimate of drug-likeness (QED) is 0.580. The zero-order chi connectivity index (χ0) is 14.5. The van der Waals surface area contributed by atoms with E-state index in [0.29, 0.717) is 5.16 Å². The first-order valence-corrected chi connectivity index (χ1v) is 6.73. The van der Waals surface area contributed by atoms with Crippen LogP contribution >= 0.6 is 11.8 Å². The van der Waals surface area contributed by atoms with Gasteiger partial charge in [0.15, 0.2) is 5.16 Å². The van der Waals surface area contributed by atoms with Gasteiger partial charge in [-0.15, -0.1) is 0 Å². The van der Waals surface area contributed by atoms with Gasteiger partial charge in [-0.25, -0.2) is 4.98 Å². The summed E-state index contributed by atoms with van der Waals surface area (Å²) in [7, 11) is 3.02. The van der Waals surface area contributed by atoms with Crippen LogP contribution in [0.2, 0.25) is 0 Å². The van der Waals surface area contributed by atoms with E-state index >= 15 is 0 Å². The lowest BCUT2D eigenvalue weighted by Crippen LogP contribution is -2.22. The van der Waals surface area contributed by atoms with Gasteiger partial charge < -0.3 is 15.6 Å². The molecule has 0 aliphatic rings. The molecular weight excluding hydrogens is 276 g/mol. The summed E-state index contributed by atoms with van der Waals surface area (Å²) in [5, 5.41) is 5.51. The molecule has 1 heterocycles. The molecule has 0 fully saturated rings. The number of carbonyl (C=O) groups excluding carboxylic acids is 2. The van der Waals surface area contributed by atoms with Crippen LogP contribution in [0, 0.1) is 0 Å². The summed E-state index contributed by atoms with van der Waals surface area (Å²) >= 11 is 1.11. The monoisotopic (exact) mass is 290 g/mol. The Morgan fingerprint density at radius 2 is 2.00 bits per heavy atom. The Bertz CT molecular complexity index is 645. The van der Waals surface area contributed by atoms with Crippen molar-refractivity contribution in [2.45, 2.75) is 5.16 Å². The number of nitrogens with zero attached hydrogens (tertiary/aromatic N) is 1. The second kappa shape index (κ2) is 6.25. The number of fused-ring (bicyclic) bond motifs is 1. The Morgan fingerprint density at radius 1 is 1.25 bits per heavy atom. The molecule has 0 saturated heterocycles. The van der Waals surface area contributed by atoms with E-state index in [1.807, 2.05) is 24.3 Å². The zero-order valence-corrected chi connectivity index (χ0v) is 11.9. The third kappa shape index (κ3) is 3.18. The highest BCUT2D eigenvalue weighted by atomic mass is 32.2. The van der Waals surface area contributed by atoms with E-state index in [4.69, 9.17) is 0 Å². The topological polar surface area (TPSA) is 86.9 Å². The molecule has 1 aromatic carbocycles. The molecule has 7 heteroatoms. The standard InChI is InChI=1S/C13H14N4O2S/c1-14-11(18)7-10(12(19)15-2)20-13-16-8-5-3-4-6-9(8)17-13/h3-7H,1-2H3,(H,14,18)(H,15,19)(H,16,17). The fraction of sp³-hybridized carbons (Fsp3) is 0.154. The van der Waals surface area contributed by atoms with Crippen LogP contribution in [0.15, 0.2) is 40.4 Å². The van der Waals surface area contributed by atoms with Gasteiger partial charge in [0.2, 0.25) is 5.91 Å². The van der Waals surface area contributed by atoms with Crippen LogP contribution in [0.3, 0.4) is 0 Å². The molecule has 2 aromatic rings. The molecule has 20 heavy (non-hydrogen) atoms. The molecule has 0 bridgehead atoms. The van der Waals surface area contributed by atoms with E-state index in [1.165, 1.54) is 20.2 Å². The van der Waals surface area contributed by atoms with Gasteiger partial charge in [-0.05, 0) is 23.9 Å². The second-order valence-electron chi connectivity index (χ2n) is 3.86. The number of carbonyl (C=O) groups is 2. The van der Waals surface area contributed by atoms with Crippen molar-refractivity contribution in [1.82, 2.24) is 20.6 Å². The number of para-hydroxylation sites is 2. The summed E-state index contributed by atoms with van der Waals surface area (Å²) in [5.41, 5.74) is 1.69. The van der Waals surface area contributed by atoms with Crippen molar-refractivity contribution in [1.29, 1.82) is 0 Å². The van der Waals surface area contributed by atoms with Crippen LogP contribution in [0.5, 0.6) is 0 Å². The van der Waals surface area contributed by atoms with Gasteiger partial charge in [-0.1, -0.05) is 12.1 Å². The number of likely N-dealkylation sites (N-methyl/N-ethyl adjacent to an activating group) is 2. The molecule has 3 N–H and O–H groups in total. The van der Waals surface area contributed by atoms with Crippen molar-refractivity contribution >= 4 is 34.6 Å². The molecule has 0 radical (unpaired) electrons. The SMILES string of the molecule is CNC(=O)C=C(Sc1nc2ccccc2[nH]1)C(=O)NC. The van der Waals surface area contributed by atoms with Crippen molar-refractivity contribution in [3.8, 4) is 0 Å². The maximum atomic E-state index is 11.8. The molecule has 0 aliphatic heterocycles.